The summed E-state index contributed by atoms with van der Waals surface area (Å²) in [6, 6.07) is -0.200. The normalized spacial score (nSPS) is 10.8. The first kappa shape index (κ1) is 12.0. The Balaban J connectivity index is 3.40. The summed E-state index contributed by atoms with van der Waals surface area (Å²) in [7, 11) is 1.60. The SMILES string of the molecule is COCCNC(=O)N/C=C/C(C)C. The molecule has 0 aliphatic carbocycles. The van der Waals surface area contributed by atoms with Crippen LogP contribution in [0.1, 0.15) is 13.8 Å². The number of rotatable bonds is 5. The van der Waals surface area contributed by atoms with Crippen molar-refractivity contribution in [3.8, 4) is 0 Å². The number of carbonyl (C=O) groups excluding carboxylic acids is 1. The van der Waals surface area contributed by atoms with Crippen molar-refractivity contribution in [1.82, 2.24) is 10.6 Å². The molecular weight excluding hydrogens is 168 g/mol. The van der Waals surface area contributed by atoms with Crippen LogP contribution in [0.3, 0.4) is 0 Å². The summed E-state index contributed by atoms with van der Waals surface area (Å²) < 4.78 is 4.77. The quantitative estimate of drug-likeness (QED) is 0.632. The molecule has 0 aromatic rings. The first-order chi connectivity index (χ1) is 6.16. The van der Waals surface area contributed by atoms with Crippen LogP contribution in [0.15, 0.2) is 12.3 Å². The maximum atomic E-state index is 11.0. The van der Waals surface area contributed by atoms with Gasteiger partial charge >= 0.3 is 6.03 Å². The molecule has 0 aromatic carbocycles. The van der Waals surface area contributed by atoms with Gasteiger partial charge in [-0.15, -0.1) is 0 Å². The minimum atomic E-state index is -0.200. The van der Waals surface area contributed by atoms with Crippen LogP contribution in [0.25, 0.3) is 0 Å². The molecule has 4 heteroatoms. The lowest BCUT2D eigenvalue weighted by molar-refractivity contribution is 0.196. The van der Waals surface area contributed by atoms with E-state index in [-0.39, 0.29) is 6.03 Å². The van der Waals surface area contributed by atoms with Gasteiger partial charge < -0.3 is 15.4 Å². The first-order valence-corrected chi connectivity index (χ1v) is 4.36. The summed E-state index contributed by atoms with van der Waals surface area (Å²) in [6.07, 6.45) is 3.56. The number of carbonyl (C=O) groups is 1. The molecule has 0 aliphatic rings. The molecule has 76 valence electrons. The fourth-order valence-corrected chi connectivity index (χ4v) is 0.634. The number of hydrogen-bond donors (Lipinski definition) is 2. The summed E-state index contributed by atoms with van der Waals surface area (Å²) in [5.74, 6) is 0.444. The van der Waals surface area contributed by atoms with Crippen molar-refractivity contribution in [2.24, 2.45) is 5.92 Å². The number of amides is 2. The highest BCUT2D eigenvalue weighted by Gasteiger charge is 1.94. The molecule has 0 spiro atoms. The second-order valence-electron chi connectivity index (χ2n) is 3.00. The minimum Gasteiger partial charge on any atom is -0.383 e. The molecule has 4 nitrogen and oxygen atoms in total. The number of ether oxygens (including phenoxy) is 1. The third kappa shape index (κ3) is 8.88. The molecule has 0 heterocycles. The lowest BCUT2D eigenvalue weighted by Gasteiger charge is -2.03. The Bertz CT molecular complexity index is 167. The Hall–Kier alpha value is -1.03. The lowest BCUT2D eigenvalue weighted by atomic mass is 10.2. The van der Waals surface area contributed by atoms with Crippen LogP contribution < -0.4 is 10.6 Å². The van der Waals surface area contributed by atoms with Gasteiger partial charge in [-0.2, -0.15) is 0 Å². The maximum Gasteiger partial charge on any atom is 0.318 e. The molecule has 0 rings (SSSR count). The fourth-order valence-electron chi connectivity index (χ4n) is 0.634. The van der Waals surface area contributed by atoms with Gasteiger partial charge in [0.2, 0.25) is 0 Å². The Morgan fingerprint density at radius 2 is 2.23 bits per heavy atom. The van der Waals surface area contributed by atoms with Gasteiger partial charge in [-0.25, -0.2) is 4.79 Å². The van der Waals surface area contributed by atoms with Crippen LogP contribution in [0, 0.1) is 5.92 Å². The summed E-state index contributed by atoms with van der Waals surface area (Å²) in [6.45, 7) is 5.14. The highest BCUT2D eigenvalue weighted by Crippen LogP contribution is 1.90. The topological polar surface area (TPSA) is 50.4 Å². The molecule has 0 radical (unpaired) electrons. The fraction of sp³-hybridized carbons (Fsp3) is 0.667. The molecule has 0 atom stereocenters. The second-order valence-corrected chi connectivity index (χ2v) is 3.00. The van der Waals surface area contributed by atoms with Crippen molar-refractivity contribution in [3.05, 3.63) is 12.3 Å². The zero-order valence-electron chi connectivity index (χ0n) is 8.46. The highest BCUT2D eigenvalue weighted by atomic mass is 16.5. The standard InChI is InChI=1S/C9H18N2O2/c1-8(2)4-5-10-9(12)11-6-7-13-3/h4-5,8H,6-7H2,1-3H3,(H2,10,11,12)/b5-4+. The molecule has 0 saturated heterocycles. The van der Waals surface area contributed by atoms with E-state index in [4.69, 9.17) is 4.74 Å². The van der Waals surface area contributed by atoms with E-state index in [2.05, 4.69) is 10.6 Å². The number of nitrogens with one attached hydrogen (secondary N) is 2. The van der Waals surface area contributed by atoms with Crippen molar-refractivity contribution in [2.45, 2.75) is 13.8 Å². The molecule has 0 fully saturated rings. The third-order valence-corrected chi connectivity index (χ3v) is 1.29. The van der Waals surface area contributed by atoms with Crippen LogP contribution in [-0.4, -0.2) is 26.3 Å². The van der Waals surface area contributed by atoms with Crippen molar-refractivity contribution in [1.29, 1.82) is 0 Å². The monoisotopic (exact) mass is 186 g/mol. The number of allylic oxidation sites excluding steroid dienone is 1. The second kappa shape index (κ2) is 7.61. The van der Waals surface area contributed by atoms with Crippen LogP contribution in [0.4, 0.5) is 4.79 Å². The largest absolute Gasteiger partial charge is 0.383 e. The average molecular weight is 186 g/mol. The predicted molar refractivity (Wildman–Crippen MR) is 52.4 cm³/mol. The predicted octanol–water partition coefficient (Wildman–Crippen LogP) is 1.10. The van der Waals surface area contributed by atoms with E-state index in [0.717, 1.165) is 0 Å². The zero-order chi connectivity index (χ0) is 10.1. The molecule has 13 heavy (non-hydrogen) atoms. The molecule has 2 N–H and O–H groups in total. The van der Waals surface area contributed by atoms with Gasteiger partial charge in [0.25, 0.3) is 0 Å². The molecule has 0 saturated carbocycles. The minimum absolute atomic E-state index is 0.200. The van der Waals surface area contributed by atoms with Gasteiger partial charge in [0.05, 0.1) is 6.61 Å². The van der Waals surface area contributed by atoms with Gasteiger partial charge in [0.1, 0.15) is 0 Å². The summed E-state index contributed by atoms with van der Waals surface area (Å²) in [5, 5.41) is 5.22. The summed E-state index contributed by atoms with van der Waals surface area (Å²) in [4.78, 5) is 11.0. The molecular formula is C9H18N2O2. The van der Waals surface area contributed by atoms with E-state index in [9.17, 15) is 4.79 Å². The first-order valence-electron chi connectivity index (χ1n) is 4.36. The third-order valence-electron chi connectivity index (χ3n) is 1.29. The van der Waals surface area contributed by atoms with E-state index >= 15 is 0 Å². The summed E-state index contributed by atoms with van der Waals surface area (Å²) in [5.41, 5.74) is 0. The Labute approximate surface area is 79.3 Å². The molecule has 0 aliphatic heterocycles. The van der Waals surface area contributed by atoms with Crippen LogP contribution >= 0.6 is 0 Å². The van der Waals surface area contributed by atoms with Gasteiger partial charge in [0.15, 0.2) is 0 Å². The maximum absolute atomic E-state index is 11.0. The van der Waals surface area contributed by atoms with Gasteiger partial charge in [-0.1, -0.05) is 19.9 Å². The number of methoxy groups -OCH3 is 1. The van der Waals surface area contributed by atoms with E-state index in [0.29, 0.717) is 19.1 Å². The van der Waals surface area contributed by atoms with Crippen LogP contribution in [0.2, 0.25) is 0 Å². The summed E-state index contributed by atoms with van der Waals surface area (Å²) >= 11 is 0. The van der Waals surface area contributed by atoms with Gasteiger partial charge in [-0.05, 0) is 5.92 Å². The average Bonchev–Trinajstić information content (AvgIpc) is 2.04. The van der Waals surface area contributed by atoms with Crippen molar-refractivity contribution in [3.63, 3.8) is 0 Å². The number of hydrogen-bond acceptors (Lipinski definition) is 2. The lowest BCUT2D eigenvalue weighted by Crippen LogP contribution is -2.34. The van der Waals surface area contributed by atoms with Gasteiger partial charge in [-0.3, -0.25) is 0 Å². The van der Waals surface area contributed by atoms with Crippen molar-refractivity contribution < 1.29 is 9.53 Å². The van der Waals surface area contributed by atoms with Crippen molar-refractivity contribution >= 4 is 6.03 Å². The Morgan fingerprint density at radius 3 is 2.77 bits per heavy atom. The molecule has 0 bridgehead atoms. The Morgan fingerprint density at radius 1 is 1.54 bits per heavy atom. The Kier molecular flexibility index (Phi) is 7.01. The zero-order valence-corrected chi connectivity index (χ0v) is 8.46. The van der Waals surface area contributed by atoms with E-state index in [1.54, 1.807) is 13.3 Å². The molecule has 0 aromatic heterocycles. The van der Waals surface area contributed by atoms with E-state index < -0.39 is 0 Å². The smallest absolute Gasteiger partial charge is 0.318 e. The van der Waals surface area contributed by atoms with E-state index in [1.807, 2.05) is 19.9 Å². The van der Waals surface area contributed by atoms with Crippen LogP contribution in [0.5, 0.6) is 0 Å². The highest BCUT2D eigenvalue weighted by molar-refractivity contribution is 5.74. The molecule has 2 amide bonds. The van der Waals surface area contributed by atoms with Crippen molar-refractivity contribution in [2.75, 3.05) is 20.3 Å². The van der Waals surface area contributed by atoms with Crippen LogP contribution in [-0.2, 0) is 4.74 Å². The molecule has 0 unspecified atom stereocenters. The van der Waals surface area contributed by atoms with Gasteiger partial charge in [0, 0.05) is 19.9 Å². The number of urea groups is 1. The van der Waals surface area contributed by atoms with E-state index in [1.165, 1.54) is 0 Å².